The number of aromatic nitrogens is 2. The van der Waals surface area contributed by atoms with Gasteiger partial charge in [-0.25, -0.2) is 9.97 Å². The predicted molar refractivity (Wildman–Crippen MR) is 130 cm³/mol. The number of hydrogen-bond donors (Lipinski definition) is 3. The molecule has 4 heterocycles. The molecule has 1 fully saturated rings. The number of carbonyl (C=O) groups excluding carboxylic acids is 3. The van der Waals surface area contributed by atoms with Crippen molar-refractivity contribution in [3.05, 3.63) is 37.3 Å². The minimum Gasteiger partial charge on any atom is -0.543 e. The van der Waals surface area contributed by atoms with Crippen LogP contribution >= 0.6 is 46.2 Å². The van der Waals surface area contributed by atoms with Gasteiger partial charge in [0.05, 0.1) is 22.4 Å². The Bertz CT molecular complexity index is 1230. The Kier molecular flexibility index (Phi) is 9.28. The molecule has 2 aliphatic heterocycles. The summed E-state index contributed by atoms with van der Waals surface area (Å²) < 4.78 is 0. The largest absolute Gasteiger partial charge is 1.00 e. The van der Waals surface area contributed by atoms with Crippen molar-refractivity contribution in [2.45, 2.75) is 31.7 Å². The Balaban J connectivity index is 0.00000342. The predicted octanol–water partition coefficient (Wildman–Crippen LogP) is -2.68. The normalized spacial score (nSPS) is 19.7. The SMILES string of the molecule is Cc1nc(CCSC2=C(C(=O)[O-])N3C(=O)[C@@H](NC(=O)/C(=N\O)c4csc(N)n4)[C@H]3SC2)c(C)s1.[Na+]. The van der Waals surface area contributed by atoms with E-state index in [0.29, 0.717) is 22.8 Å². The van der Waals surface area contributed by atoms with E-state index in [9.17, 15) is 24.7 Å². The second-order valence-corrected chi connectivity index (χ2v) is 11.9. The number of β-lactam (4-membered cyclic amide) rings is 1. The van der Waals surface area contributed by atoms with Crippen LogP contribution in [0.25, 0.3) is 0 Å². The number of nitrogens with zero attached hydrogens (tertiary/aromatic N) is 4. The topological polar surface area (TPSA) is 174 Å². The molecule has 16 heteroatoms. The second kappa shape index (κ2) is 11.6. The fourth-order valence-corrected chi connectivity index (χ4v) is 7.59. The number of nitrogens with one attached hydrogen (secondary N) is 1. The molecule has 0 saturated carbocycles. The number of carboxylic acids is 1. The molecule has 0 unspecified atom stereocenters. The molecule has 4 N–H and O–H groups in total. The van der Waals surface area contributed by atoms with E-state index in [1.165, 1.54) is 28.9 Å². The van der Waals surface area contributed by atoms with Crippen LogP contribution < -0.4 is 45.7 Å². The van der Waals surface area contributed by atoms with Crippen LogP contribution in [0.5, 0.6) is 0 Å². The molecule has 2 aliphatic rings. The van der Waals surface area contributed by atoms with E-state index in [1.807, 2.05) is 13.8 Å². The quantitative estimate of drug-likeness (QED) is 0.101. The summed E-state index contributed by atoms with van der Waals surface area (Å²) >= 11 is 5.38. The van der Waals surface area contributed by atoms with E-state index < -0.39 is 29.2 Å². The van der Waals surface area contributed by atoms with Gasteiger partial charge in [0.2, 0.25) is 0 Å². The number of aryl methyl sites for hydroxylation is 3. The van der Waals surface area contributed by atoms with E-state index in [2.05, 4.69) is 20.4 Å². The Morgan fingerprint density at radius 2 is 2.14 bits per heavy atom. The number of anilines is 1. The smallest absolute Gasteiger partial charge is 0.543 e. The molecule has 0 aromatic carbocycles. The van der Waals surface area contributed by atoms with Crippen LogP contribution in [-0.2, 0) is 20.8 Å². The van der Waals surface area contributed by atoms with Crippen LogP contribution in [-0.4, -0.2) is 66.5 Å². The van der Waals surface area contributed by atoms with Crippen LogP contribution in [0.1, 0.15) is 21.3 Å². The number of hydrogen-bond acceptors (Lipinski definition) is 13. The van der Waals surface area contributed by atoms with E-state index in [1.54, 1.807) is 11.3 Å². The van der Waals surface area contributed by atoms with Gasteiger partial charge >= 0.3 is 29.6 Å². The number of nitrogen functional groups attached to an aromatic ring is 1. The fourth-order valence-electron chi connectivity index (χ4n) is 3.59. The van der Waals surface area contributed by atoms with Crippen molar-refractivity contribution in [2.75, 3.05) is 17.2 Å². The average molecular weight is 563 g/mol. The molecule has 4 rings (SSSR count). The monoisotopic (exact) mass is 562 g/mol. The molecule has 2 aromatic heterocycles. The van der Waals surface area contributed by atoms with Crippen molar-refractivity contribution in [1.82, 2.24) is 20.2 Å². The molecule has 11 nitrogen and oxygen atoms in total. The van der Waals surface area contributed by atoms with Gasteiger partial charge in [-0.05, 0) is 13.8 Å². The molecule has 180 valence electrons. The van der Waals surface area contributed by atoms with Gasteiger partial charge in [-0.15, -0.1) is 46.2 Å². The number of thioether (sulfide) groups is 2. The van der Waals surface area contributed by atoms with E-state index in [-0.39, 0.29) is 51.8 Å². The number of rotatable bonds is 8. The Morgan fingerprint density at radius 3 is 2.71 bits per heavy atom. The van der Waals surface area contributed by atoms with Gasteiger partial charge in [0.1, 0.15) is 17.1 Å². The zero-order valence-corrected chi connectivity index (χ0v) is 24.2. The molecular formula is C19H19N6NaO5S4. The summed E-state index contributed by atoms with van der Waals surface area (Å²) in [7, 11) is 0. The van der Waals surface area contributed by atoms with Gasteiger partial charge in [0.25, 0.3) is 11.8 Å². The van der Waals surface area contributed by atoms with E-state index in [4.69, 9.17) is 5.73 Å². The molecule has 2 aromatic rings. The standard InChI is InChI=1S/C19H20N6O5S4.Na/c1-7-9(21-8(2)34-7)3-4-31-11-6-32-17-13(16(27)25(17)14(11)18(28)29)23-15(26)12(24-30)10-5-33-19(20)22-10;/h5,13,17,30H,3-4,6H2,1-2H3,(H2,20,22)(H,23,26)(H,28,29);/q;+1/p-1/b24-12-;/t13-,17-;/m1./s1. The van der Waals surface area contributed by atoms with Crippen LogP contribution in [0.2, 0.25) is 0 Å². The summed E-state index contributed by atoms with van der Waals surface area (Å²) in [5.41, 5.74) is 6.05. The first-order chi connectivity index (χ1) is 16.2. The van der Waals surface area contributed by atoms with Crippen LogP contribution in [0.3, 0.4) is 0 Å². The molecule has 2 atom stereocenters. The van der Waals surface area contributed by atoms with Gasteiger partial charge in [-0.3, -0.25) is 14.5 Å². The minimum atomic E-state index is -1.44. The summed E-state index contributed by atoms with van der Waals surface area (Å²) in [5, 5.41) is 28.6. The fraction of sp³-hybridized carbons (Fsp3) is 0.368. The second-order valence-electron chi connectivity index (χ2n) is 7.27. The van der Waals surface area contributed by atoms with Crippen molar-refractivity contribution < 1.29 is 54.3 Å². The zero-order chi connectivity index (χ0) is 24.6. The van der Waals surface area contributed by atoms with Crippen LogP contribution in [0.4, 0.5) is 5.13 Å². The van der Waals surface area contributed by atoms with Crippen molar-refractivity contribution in [3.8, 4) is 0 Å². The molecule has 0 radical (unpaired) electrons. The first-order valence-corrected chi connectivity index (χ1v) is 13.6. The molecule has 0 bridgehead atoms. The first kappa shape index (κ1) is 28.0. The Hall–Kier alpha value is -1.62. The summed E-state index contributed by atoms with van der Waals surface area (Å²) in [4.78, 5) is 48.5. The zero-order valence-electron chi connectivity index (χ0n) is 18.9. The molecule has 1 saturated heterocycles. The molecule has 0 spiro atoms. The summed E-state index contributed by atoms with van der Waals surface area (Å²) in [6, 6.07) is -0.980. The maximum absolute atomic E-state index is 12.8. The van der Waals surface area contributed by atoms with Gasteiger partial charge < -0.3 is 26.2 Å². The number of thiazole rings is 2. The van der Waals surface area contributed by atoms with E-state index >= 15 is 0 Å². The number of fused-ring (bicyclic) bond motifs is 1. The van der Waals surface area contributed by atoms with Gasteiger partial charge in [0, 0.05) is 33.1 Å². The minimum absolute atomic E-state index is 0. The third kappa shape index (κ3) is 5.70. The molecule has 35 heavy (non-hydrogen) atoms. The number of carbonyl (C=O) groups is 3. The van der Waals surface area contributed by atoms with Crippen molar-refractivity contribution in [3.63, 3.8) is 0 Å². The number of amides is 2. The maximum atomic E-state index is 12.8. The summed E-state index contributed by atoms with van der Waals surface area (Å²) in [6.07, 6.45) is 0.676. The van der Waals surface area contributed by atoms with Gasteiger partial charge in [0.15, 0.2) is 10.8 Å². The van der Waals surface area contributed by atoms with Crippen molar-refractivity contribution in [1.29, 1.82) is 0 Å². The number of nitrogens with two attached hydrogens (primary N) is 1. The molecule has 2 amide bonds. The van der Waals surface area contributed by atoms with Crippen LogP contribution in [0.15, 0.2) is 21.1 Å². The Labute approximate surface area is 238 Å². The maximum Gasteiger partial charge on any atom is 1.00 e. The number of aliphatic carboxylic acids is 1. The number of oxime groups is 1. The van der Waals surface area contributed by atoms with Crippen molar-refractivity contribution >= 4 is 74.8 Å². The third-order valence-electron chi connectivity index (χ3n) is 5.11. The average Bonchev–Trinajstić information content (AvgIpc) is 3.35. The Morgan fingerprint density at radius 1 is 1.40 bits per heavy atom. The summed E-state index contributed by atoms with van der Waals surface area (Å²) in [5.74, 6) is -1.88. The molecule has 0 aliphatic carbocycles. The number of carboxylic acid groups (broad SMARTS) is 1. The van der Waals surface area contributed by atoms with Gasteiger partial charge in [-0.2, -0.15) is 0 Å². The van der Waals surface area contributed by atoms with E-state index in [0.717, 1.165) is 31.8 Å². The molecular weight excluding hydrogens is 544 g/mol. The summed E-state index contributed by atoms with van der Waals surface area (Å²) in [6.45, 7) is 3.94. The third-order valence-corrected chi connectivity index (χ3v) is 9.27. The van der Waals surface area contributed by atoms with Gasteiger partial charge in [-0.1, -0.05) is 5.16 Å². The van der Waals surface area contributed by atoms with Crippen LogP contribution in [0, 0.1) is 13.8 Å². The first-order valence-electron chi connectivity index (χ1n) is 9.90. The van der Waals surface area contributed by atoms with Crippen molar-refractivity contribution in [2.24, 2.45) is 5.16 Å².